The van der Waals surface area contributed by atoms with Gasteiger partial charge in [0, 0.05) is 5.56 Å². The molecule has 2 saturated heterocycles. The van der Waals surface area contributed by atoms with Gasteiger partial charge in [0.15, 0.2) is 17.7 Å². The largest absolute Gasteiger partial charge is 0.482 e. The fraction of sp³-hybridized carbons (Fsp3) is 0.700. The lowest BCUT2D eigenvalue weighted by atomic mass is 9.96. The monoisotopic (exact) mass is 662 g/mol. The highest BCUT2D eigenvalue weighted by atomic mass is 32.7. The second-order valence-electron chi connectivity index (χ2n) is 9.78. The van der Waals surface area contributed by atoms with Crippen LogP contribution in [0.15, 0.2) is 17.0 Å². The highest BCUT2D eigenvalue weighted by Gasteiger charge is 2.51. The highest BCUT2D eigenvalue weighted by molar-refractivity contribution is 8.45. The van der Waals surface area contributed by atoms with Gasteiger partial charge < -0.3 is 60.1 Å². The first-order valence-corrected chi connectivity index (χ1v) is 16.4. The van der Waals surface area contributed by atoms with E-state index in [1.807, 2.05) is 0 Å². The van der Waals surface area contributed by atoms with Crippen LogP contribution in [0.5, 0.6) is 0 Å². The zero-order valence-electron chi connectivity index (χ0n) is 22.0. The molecule has 22 heteroatoms. The molecule has 7 unspecified atom stereocenters. The molecule has 2 aromatic rings. The molecule has 4 heterocycles. The summed E-state index contributed by atoms with van der Waals surface area (Å²) < 4.78 is 56.3. The van der Waals surface area contributed by atoms with E-state index in [4.69, 9.17) is 29.3 Å². The Morgan fingerprint density at radius 1 is 1.12 bits per heavy atom. The minimum absolute atomic E-state index is 0.0727. The van der Waals surface area contributed by atoms with Gasteiger partial charge in [-0.2, -0.15) is 4.31 Å². The molecular formula is C20H32N4O15P2S. The Morgan fingerprint density at radius 3 is 2.45 bits per heavy atom. The van der Waals surface area contributed by atoms with Crippen molar-refractivity contribution in [3.05, 3.63) is 18.2 Å². The van der Waals surface area contributed by atoms with E-state index >= 15 is 0 Å². The molecule has 42 heavy (non-hydrogen) atoms. The van der Waals surface area contributed by atoms with Crippen molar-refractivity contribution in [3.63, 3.8) is 0 Å². The Bertz CT molecular complexity index is 1340. The second-order valence-corrected chi connectivity index (χ2v) is 14.2. The number of furan rings is 1. The maximum Gasteiger partial charge on any atom is 0.482 e. The zero-order valence-corrected chi connectivity index (χ0v) is 24.7. The van der Waals surface area contributed by atoms with Crippen LogP contribution in [0.4, 0.5) is 5.82 Å². The number of hydrogen-bond donors (Lipinski definition) is 9. The van der Waals surface area contributed by atoms with Crippen LogP contribution in [0.1, 0.15) is 11.7 Å². The minimum atomic E-state index is -5.45. The summed E-state index contributed by atoms with van der Waals surface area (Å²) in [6, 6.07) is -0.766. The molecule has 0 bridgehead atoms. The Morgan fingerprint density at radius 2 is 1.81 bits per heavy atom. The lowest BCUT2D eigenvalue weighted by molar-refractivity contribution is -0.292. The predicted molar refractivity (Wildman–Crippen MR) is 142 cm³/mol. The molecule has 2 aliphatic rings. The van der Waals surface area contributed by atoms with Gasteiger partial charge in [-0.3, -0.25) is 9.05 Å². The van der Waals surface area contributed by atoms with Crippen molar-refractivity contribution in [1.29, 1.82) is 0 Å². The average Bonchev–Trinajstić information content (AvgIpc) is 3.48. The second kappa shape index (κ2) is 13.0. The molecule has 238 valence electrons. The van der Waals surface area contributed by atoms with E-state index in [1.165, 1.54) is 12.6 Å². The maximum absolute atomic E-state index is 12.9. The molecule has 19 nitrogen and oxygen atoms in total. The van der Waals surface area contributed by atoms with E-state index in [2.05, 4.69) is 31.1 Å². The van der Waals surface area contributed by atoms with Crippen molar-refractivity contribution < 1.29 is 71.9 Å². The normalized spacial score (nSPS) is 35.7. The van der Waals surface area contributed by atoms with Crippen LogP contribution in [-0.2, 0) is 32.0 Å². The molecule has 0 saturated carbocycles. The smallest absolute Gasteiger partial charge is 0.458 e. The number of likely N-dealkylation sites (N-methyl/N-ethyl adjacent to an activating group) is 1. The minimum Gasteiger partial charge on any atom is -0.458 e. The number of nitrogens with two attached hydrogens (primary N) is 1. The lowest BCUT2D eigenvalue weighted by Gasteiger charge is -2.41. The maximum atomic E-state index is 12.9. The van der Waals surface area contributed by atoms with Crippen LogP contribution in [0, 0.1) is 0 Å². The van der Waals surface area contributed by atoms with Gasteiger partial charge in [0.05, 0.1) is 25.5 Å². The number of rotatable bonds is 11. The van der Waals surface area contributed by atoms with Crippen molar-refractivity contribution >= 4 is 43.8 Å². The van der Waals surface area contributed by atoms with Gasteiger partial charge in [-0.25, -0.2) is 19.1 Å². The Balaban J connectivity index is 1.43. The van der Waals surface area contributed by atoms with Crippen molar-refractivity contribution in [1.82, 2.24) is 14.9 Å². The zero-order chi connectivity index (χ0) is 31.1. The van der Waals surface area contributed by atoms with Crippen molar-refractivity contribution in [3.8, 4) is 0 Å². The van der Waals surface area contributed by atoms with Gasteiger partial charge in [-0.05, 0) is 14.1 Å². The van der Waals surface area contributed by atoms with Crippen molar-refractivity contribution in [2.45, 2.75) is 61.2 Å². The molecule has 0 radical (unpaired) electrons. The summed E-state index contributed by atoms with van der Waals surface area (Å²) in [5.74, 6) is 0.0727. The quantitative estimate of drug-likeness (QED) is 0.0918. The number of aliphatic hydroxyl groups is 6. The summed E-state index contributed by atoms with van der Waals surface area (Å²) >= 11 is 3.69. The van der Waals surface area contributed by atoms with E-state index in [9.17, 15) is 39.6 Å². The van der Waals surface area contributed by atoms with Crippen LogP contribution < -0.4 is 5.73 Å². The third kappa shape index (κ3) is 7.00. The summed E-state index contributed by atoms with van der Waals surface area (Å²) in [6.07, 6.45) is -12.5. The molecule has 9 N–H and O–H groups in total. The van der Waals surface area contributed by atoms with Crippen LogP contribution in [0.25, 0.3) is 11.1 Å². The molecule has 0 spiro atoms. The number of thiol groups is 1. The molecule has 0 amide bonds. The molecule has 12 atom stereocenters. The van der Waals surface area contributed by atoms with Gasteiger partial charge in [0.2, 0.25) is 0 Å². The van der Waals surface area contributed by atoms with E-state index in [-0.39, 0.29) is 11.4 Å². The van der Waals surface area contributed by atoms with Crippen LogP contribution in [-0.4, -0.2) is 133 Å². The fourth-order valence-electron chi connectivity index (χ4n) is 4.73. The van der Waals surface area contributed by atoms with Gasteiger partial charge in [-0.1, -0.05) is 12.2 Å². The number of hydrogen-bond acceptors (Lipinski definition) is 18. The molecule has 0 aliphatic carbocycles. The highest BCUT2D eigenvalue weighted by Crippen LogP contribution is 2.66. The average molecular weight is 663 g/mol. The summed E-state index contributed by atoms with van der Waals surface area (Å²) in [5, 5.41) is 60.0. The molecule has 2 fully saturated rings. The molecule has 2 aromatic heterocycles. The summed E-state index contributed by atoms with van der Waals surface area (Å²) in [7, 11) is -2.18. The number of nitrogens with zero attached hydrogens (tertiary/aromatic N) is 3. The van der Waals surface area contributed by atoms with Crippen LogP contribution in [0.3, 0.4) is 0 Å². The lowest BCUT2D eigenvalue weighted by Crippen LogP contribution is -2.61. The van der Waals surface area contributed by atoms with Gasteiger partial charge in [-0.15, -0.1) is 0 Å². The molecule has 2 aliphatic heterocycles. The summed E-state index contributed by atoms with van der Waals surface area (Å²) in [6.45, 7) is -6.26. The van der Waals surface area contributed by atoms with Gasteiger partial charge in [0.1, 0.15) is 60.7 Å². The summed E-state index contributed by atoms with van der Waals surface area (Å²) in [5.41, 5.74) is 6.64. The third-order valence-electron chi connectivity index (χ3n) is 6.69. The molecule has 0 aromatic carbocycles. The number of ether oxygens (including phenoxy) is 2. The van der Waals surface area contributed by atoms with Gasteiger partial charge in [0.25, 0.3) is 0 Å². The van der Waals surface area contributed by atoms with Crippen molar-refractivity contribution in [2.75, 3.05) is 33.0 Å². The van der Waals surface area contributed by atoms with E-state index in [1.54, 1.807) is 19.0 Å². The Hall–Kier alpha value is -1.29. The first-order chi connectivity index (χ1) is 19.6. The van der Waals surface area contributed by atoms with Crippen LogP contribution in [0.2, 0.25) is 0 Å². The van der Waals surface area contributed by atoms with Gasteiger partial charge >= 0.3 is 14.6 Å². The Kier molecular flexibility index (Phi) is 10.4. The first kappa shape index (κ1) is 33.6. The van der Waals surface area contributed by atoms with Crippen molar-refractivity contribution in [2.24, 2.45) is 0 Å². The number of fused-ring (bicyclic) bond motifs is 1. The molecular weight excluding hydrogens is 630 g/mol. The predicted octanol–water partition coefficient (Wildman–Crippen LogP) is -2.12. The Labute approximate surface area is 243 Å². The van der Waals surface area contributed by atoms with E-state index < -0.39 is 89.0 Å². The number of aromatic nitrogens is 2. The summed E-state index contributed by atoms with van der Waals surface area (Å²) in [4.78, 5) is 19.7. The topological polar surface area (TPSA) is 290 Å². The van der Waals surface area contributed by atoms with Crippen LogP contribution >= 0.6 is 26.9 Å². The van der Waals surface area contributed by atoms with E-state index in [0.29, 0.717) is 11.1 Å². The first-order valence-electron chi connectivity index (χ1n) is 12.2. The standard InChI is InChI=1S/C20H32N4O15P2S/c1-24(2)11-9(36-16(12(11)27)7-4-34-18-10(7)22-6-23-19(18)21)5-35-41(33,42)39-40(31,32)38-20-15(30)13(28)14(29)17(37-20)8(26)3-25/h4,6,8-9,11-17,20,25-30H,3,5H2,1-2H3,(H,31,32)(H,33,42)(H2,21,22,23)/t8-,9+,11+,12+,13?,14?,15?,16-,17?,20?,41?/m0/s1. The molecule has 4 rings (SSSR count). The number of phosphoric ester groups is 1. The van der Waals surface area contributed by atoms with E-state index in [0.717, 1.165) is 0 Å². The SMILES string of the molecule is CN(C)[C@H]1[C@@H](O)[C@H](c2coc3c(N)ncnc23)O[C@@H]1COP(=O)(S)OP(=O)(O)OC1OC([C@@H](O)CO)C(O)C(O)C1O. The fourth-order valence-corrected chi connectivity index (χ4v) is 7.91. The number of phosphoric acid groups is 1. The third-order valence-corrected chi connectivity index (χ3v) is 10.3. The number of aliphatic hydroxyl groups excluding tert-OH is 6. The number of anilines is 1. The number of nitrogen functional groups attached to an aromatic ring is 1.